The summed E-state index contributed by atoms with van der Waals surface area (Å²) in [6.07, 6.45) is 39.8. The molecule has 1 aromatic heterocycles. The van der Waals surface area contributed by atoms with Crippen LogP contribution in [0.5, 0.6) is 0 Å². The molecule has 0 bridgehead atoms. The van der Waals surface area contributed by atoms with Crippen molar-refractivity contribution in [3.05, 3.63) is 18.2 Å². The van der Waals surface area contributed by atoms with Gasteiger partial charge in [0.25, 0.3) is 5.82 Å². The highest BCUT2D eigenvalue weighted by atomic mass is 15.1. The van der Waals surface area contributed by atoms with E-state index in [1.807, 2.05) is 0 Å². The van der Waals surface area contributed by atoms with Gasteiger partial charge in [-0.1, -0.05) is 156 Å². The molecule has 212 valence electrons. The lowest BCUT2D eigenvalue weighted by molar-refractivity contribution is -0.727. The van der Waals surface area contributed by atoms with Crippen LogP contribution in [0.2, 0.25) is 0 Å². The van der Waals surface area contributed by atoms with E-state index in [1.165, 1.54) is 166 Å². The molecule has 2 atom stereocenters. The first-order valence-electron chi connectivity index (χ1n) is 16.8. The highest BCUT2D eigenvalue weighted by Crippen LogP contribution is 2.27. The van der Waals surface area contributed by atoms with E-state index in [-0.39, 0.29) is 0 Å². The molecule has 1 heterocycles. The Morgan fingerprint density at radius 3 is 1.33 bits per heavy atom. The summed E-state index contributed by atoms with van der Waals surface area (Å²) in [7, 11) is 0. The van der Waals surface area contributed by atoms with Gasteiger partial charge in [0.2, 0.25) is 0 Å². The van der Waals surface area contributed by atoms with Gasteiger partial charge in [-0.2, -0.15) is 0 Å². The van der Waals surface area contributed by atoms with Gasteiger partial charge >= 0.3 is 0 Å². The maximum absolute atomic E-state index is 3.70. The summed E-state index contributed by atoms with van der Waals surface area (Å²) in [5, 5.41) is 0. The molecule has 36 heavy (non-hydrogen) atoms. The van der Waals surface area contributed by atoms with Gasteiger partial charge in [0, 0.05) is 0 Å². The molecule has 0 aliphatic heterocycles. The van der Waals surface area contributed by atoms with Crippen LogP contribution in [0, 0.1) is 0 Å². The average molecular weight is 504 g/mol. The summed E-state index contributed by atoms with van der Waals surface area (Å²) in [5.41, 5.74) is 0. The molecular formula is C34H67N2+. The predicted octanol–water partition coefficient (Wildman–Crippen LogP) is 11.8. The van der Waals surface area contributed by atoms with E-state index in [1.54, 1.807) is 0 Å². The van der Waals surface area contributed by atoms with Gasteiger partial charge in [-0.3, -0.25) is 0 Å². The van der Waals surface area contributed by atoms with Gasteiger partial charge in [0.1, 0.15) is 12.4 Å². The Labute approximate surface area is 227 Å². The van der Waals surface area contributed by atoms with Crippen LogP contribution in [-0.4, -0.2) is 4.98 Å². The Morgan fingerprint density at radius 1 is 0.528 bits per heavy atom. The summed E-state index contributed by atoms with van der Waals surface area (Å²) >= 11 is 0. The zero-order valence-corrected chi connectivity index (χ0v) is 25.4. The summed E-state index contributed by atoms with van der Waals surface area (Å²) in [4.78, 5) is 3.70. The number of unbranched alkanes of at least 4 members (excludes halogenated alkanes) is 19. The number of aromatic amines is 1. The van der Waals surface area contributed by atoms with E-state index in [2.05, 4.69) is 49.6 Å². The number of H-pyrrole nitrogens is 1. The van der Waals surface area contributed by atoms with E-state index in [9.17, 15) is 0 Å². The molecule has 0 saturated carbocycles. The largest absolute Gasteiger partial charge is 0.257 e. The molecule has 2 unspecified atom stereocenters. The van der Waals surface area contributed by atoms with Crippen molar-refractivity contribution in [3.63, 3.8) is 0 Å². The smallest absolute Gasteiger partial charge is 0.247 e. The summed E-state index contributed by atoms with van der Waals surface area (Å²) < 4.78 is 2.60. The van der Waals surface area contributed by atoms with Crippen molar-refractivity contribution in [1.29, 1.82) is 0 Å². The molecular weight excluding hydrogens is 436 g/mol. The van der Waals surface area contributed by atoms with Gasteiger partial charge in [-0.25, -0.2) is 9.55 Å². The van der Waals surface area contributed by atoms with Crippen molar-refractivity contribution < 1.29 is 4.57 Å². The van der Waals surface area contributed by atoms with Crippen LogP contribution < -0.4 is 4.57 Å². The van der Waals surface area contributed by atoms with Crippen LogP contribution in [0.1, 0.15) is 206 Å². The lowest BCUT2D eigenvalue weighted by Crippen LogP contribution is -2.41. The number of nitrogens with zero attached hydrogens (tertiary/aromatic N) is 1. The molecule has 1 rings (SSSR count). The molecule has 2 heteroatoms. The molecule has 0 fully saturated rings. The van der Waals surface area contributed by atoms with Crippen molar-refractivity contribution >= 4 is 0 Å². The van der Waals surface area contributed by atoms with Gasteiger partial charge in [-0.05, 0) is 32.6 Å². The second-order valence-electron chi connectivity index (χ2n) is 11.9. The molecule has 0 spiro atoms. The fraction of sp³-hybridized carbons (Fsp3) is 0.912. The fourth-order valence-electron chi connectivity index (χ4n) is 5.90. The van der Waals surface area contributed by atoms with Crippen LogP contribution in [-0.2, 0) is 0 Å². The molecule has 0 aromatic carbocycles. The van der Waals surface area contributed by atoms with Crippen molar-refractivity contribution in [2.45, 2.75) is 200 Å². The highest BCUT2D eigenvalue weighted by molar-refractivity contribution is 4.90. The Morgan fingerprint density at radius 2 is 0.889 bits per heavy atom. The minimum Gasteiger partial charge on any atom is -0.247 e. The first-order valence-corrected chi connectivity index (χ1v) is 16.8. The Hall–Kier alpha value is -0.790. The van der Waals surface area contributed by atoms with Gasteiger partial charge in [0.05, 0.1) is 12.0 Å². The molecule has 0 aliphatic rings. The monoisotopic (exact) mass is 504 g/mol. The topological polar surface area (TPSA) is 19.7 Å². The molecule has 0 radical (unpaired) electrons. The maximum Gasteiger partial charge on any atom is 0.257 e. The second kappa shape index (κ2) is 24.5. The third-order valence-corrected chi connectivity index (χ3v) is 8.39. The SMILES string of the molecule is CCCCCCCCCCCCCCCC(CCCCCC)c1[nH]cc[n+]1C(C)CCCCCCC. The number of imidazole rings is 1. The summed E-state index contributed by atoms with van der Waals surface area (Å²) in [6.45, 7) is 9.38. The summed E-state index contributed by atoms with van der Waals surface area (Å²) in [6, 6.07) is 0.623. The van der Waals surface area contributed by atoms with Crippen LogP contribution in [0.4, 0.5) is 0 Å². The second-order valence-corrected chi connectivity index (χ2v) is 11.9. The van der Waals surface area contributed by atoms with Crippen molar-refractivity contribution in [2.75, 3.05) is 0 Å². The normalized spacial score (nSPS) is 13.3. The number of aromatic nitrogens is 2. The molecule has 2 nitrogen and oxygen atoms in total. The van der Waals surface area contributed by atoms with Crippen LogP contribution in [0.15, 0.2) is 12.4 Å². The third kappa shape index (κ3) is 16.9. The zero-order valence-electron chi connectivity index (χ0n) is 25.4. The zero-order chi connectivity index (χ0) is 26.1. The van der Waals surface area contributed by atoms with Crippen molar-refractivity contribution in [2.24, 2.45) is 0 Å². The Kier molecular flexibility index (Phi) is 22.7. The summed E-state index contributed by atoms with van der Waals surface area (Å²) in [5.74, 6) is 2.23. The average Bonchev–Trinajstić information content (AvgIpc) is 3.38. The van der Waals surface area contributed by atoms with Crippen LogP contribution in [0.25, 0.3) is 0 Å². The predicted molar refractivity (Wildman–Crippen MR) is 161 cm³/mol. The van der Waals surface area contributed by atoms with E-state index in [0.717, 1.165) is 0 Å². The van der Waals surface area contributed by atoms with E-state index >= 15 is 0 Å². The fourth-order valence-corrected chi connectivity index (χ4v) is 5.90. The van der Waals surface area contributed by atoms with Crippen LogP contribution >= 0.6 is 0 Å². The quantitative estimate of drug-likeness (QED) is 0.0909. The van der Waals surface area contributed by atoms with E-state index in [4.69, 9.17) is 0 Å². The molecule has 0 saturated heterocycles. The van der Waals surface area contributed by atoms with Crippen molar-refractivity contribution in [1.82, 2.24) is 4.98 Å². The first-order chi connectivity index (χ1) is 17.7. The third-order valence-electron chi connectivity index (χ3n) is 8.39. The maximum atomic E-state index is 3.70. The lowest BCUT2D eigenvalue weighted by atomic mass is 9.93. The number of rotatable bonds is 27. The molecule has 1 aromatic rings. The Bertz CT molecular complexity index is 563. The first kappa shape index (κ1) is 33.2. The van der Waals surface area contributed by atoms with Crippen molar-refractivity contribution in [3.8, 4) is 0 Å². The minimum atomic E-state index is 0.623. The standard InChI is InChI=1S/C34H66N2/c1-5-8-11-14-15-16-17-18-19-20-21-23-26-29-33(28-25-13-10-7-3)34-35-30-31-36(34)32(4)27-24-22-12-9-6-2/h30-33H,5-29H2,1-4H3/p+1. The van der Waals surface area contributed by atoms with Crippen LogP contribution in [0.3, 0.4) is 0 Å². The molecule has 0 aliphatic carbocycles. The molecule has 1 N–H and O–H groups in total. The number of hydrogen-bond donors (Lipinski definition) is 1. The van der Waals surface area contributed by atoms with E-state index < -0.39 is 0 Å². The van der Waals surface area contributed by atoms with E-state index in [0.29, 0.717) is 12.0 Å². The lowest BCUT2D eigenvalue weighted by Gasteiger charge is -2.17. The van der Waals surface area contributed by atoms with Gasteiger partial charge in [-0.15, -0.1) is 0 Å². The molecule has 0 amide bonds. The van der Waals surface area contributed by atoms with Gasteiger partial charge < -0.3 is 0 Å². The van der Waals surface area contributed by atoms with Gasteiger partial charge in [0.15, 0.2) is 0 Å². The highest BCUT2D eigenvalue weighted by Gasteiger charge is 2.25. The number of hydrogen-bond acceptors (Lipinski definition) is 0. The Balaban J connectivity index is 2.34. The number of nitrogens with one attached hydrogen (secondary N) is 1. The minimum absolute atomic E-state index is 0.623.